The minimum absolute atomic E-state index is 0.218. The second kappa shape index (κ2) is 12.6. The van der Waals surface area contributed by atoms with Crippen LogP contribution in [-0.4, -0.2) is 67.3 Å². The minimum Gasteiger partial charge on any atom is -0.406 e. The molecule has 0 aliphatic rings. The molecular formula is C31H25F6N7O3. The summed E-state index contributed by atoms with van der Waals surface area (Å²) in [6, 6.07) is 13.7. The van der Waals surface area contributed by atoms with Crippen molar-refractivity contribution >= 4 is 16.9 Å². The molecule has 6 rings (SSSR count). The summed E-state index contributed by atoms with van der Waals surface area (Å²) in [5, 5.41) is 16.3. The number of halogens is 6. The Balaban J connectivity index is 0.000000189. The number of carbonyl (C=O) groups is 1. The summed E-state index contributed by atoms with van der Waals surface area (Å²) < 4.78 is 84.2. The molecule has 0 atom stereocenters. The largest absolute Gasteiger partial charge is 0.573 e. The van der Waals surface area contributed by atoms with Crippen LogP contribution < -0.4 is 9.47 Å². The van der Waals surface area contributed by atoms with Crippen molar-refractivity contribution in [3.05, 3.63) is 96.1 Å². The van der Waals surface area contributed by atoms with Crippen molar-refractivity contribution in [2.75, 3.05) is 14.1 Å². The summed E-state index contributed by atoms with van der Waals surface area (Å²) in [6.07, 6.45) is -3.22. The molecule has 0 radical (unpaired) electrons. The Labute approximate surface area is 262 Å². The van der Waals surface area contributed by atoms with Crippen molar-refractivity contribution in [3.8, 4) is 33.8 Å². The first kappa shape index (κ1) is 32.7. The average molecular weight is 658 g/mol. The van der Waals surface area contributed by atoms with Gasteiger partial charge in [0.05, 0.1) is 35.9 Å². The summed E-state index contributed by atoms with van der Waals surface area (Å²) in [6.45, 7) is 3.39. The summed E-state index contributed by atoms with van der Waals surface area (Å²) >= 11 is 0. The zero-order valence-corrected chi connectivity index (χ0v) is 25.1. The Bertz CT molecular complexity index is 2070. The van der Waals surface area contributed by atoms with Crippen LogP contribution in [0.4, 0.5) is 26.3 Å². The maximum atomic E-state index is 12.3. The standard InChI is InChI=1S/C17H15F3N4O2.C14H10F3N3O/c1-10-6-12(26-17(18,19)20)4-5-13(10)11-7-15-14(16(25)23(2)3)9-22-24(15)21-8-11;1-9-6-12(21-14(15,16)17)2-3-13(9)10-7-11-4-5-18-20(11)19-8-10/h4-9H,1-3H3;2-8H,1H3. The minimum atomic E-state index is -4.74. The SMILES string of the molecule is Cc1cc(OC(F)(F)F)ccc1-c1cnn2ncc(C(=O)N(C)C)c2c1.Cc1cc(OC(F)(F)F)ccc1-c1cnn2nccc2c1. The van der Waals surface area contributed by atoms with E-state index in [9.17, 15) is 31.1 Å². The lowest BCUT2D eigenvalue weighted by molar-refractivity contribution is -0.275. The van der Waals surface area contributed by atoms with Crippen LogP contribution in [0.25, 0.3) is 33.3 Å². The van der Waals surface area contributed by atoms with Gasteiger partial charge < -0.3 is 14.4 Å². The molecule has 0 aliphatic carbocycles. The number of aryl methyl sites for hydroxylation is 2. The molecule has 0 spiro atoms. The molecule has 0 unspecified atom stereocenters. The van der Waals surface area contributed by atoms with Gasteiger partial charge in [-0.3, -0.25) is 4.79 Å². The van der Waals surface area contributed by atoms with Crippen LogP contribution in [0.15, 0.2) is 79.4 Å². The van der Waals surface area contributed by atoms with Crippen LogP contribution >= 0.6 is 0 Å². The number of benzene rings is 2. The van der Waals surface area contributed by atoms with E-state index < -0.39 is 12.7 Å². The fraction of sp³-hybridized carbons (Fsp3) is 0.194. The Hall–Kier alpha value is -5.67. The van der Waals surface area contributed by atoms with Gasteiger partial charge in [-0.1, -0.05) is 12.1 Å². The van der Waals surface area contributed by atoms with Gasteiger partial charge in [-0.25, -0.2) is 0 Å². The normalized spacial score (nSPS) is 11.7. The molecule has 0 fully saturated rings. The lowest BCUT2D eigenvalue weighted by Crippen LogP contribution is -2.21. The van der Waals surface area contributed by atoms with E-state index in [4.69, 9.17) is 0 Å². The van der Waals surface area contributed by atoms with Crippen molar-refractivity contribution in [2.45, 2.75) is 26.6 Å². The topological polar surface area (TPSA) is 99.2 Å². The zero-order valence-electron chi connectivity index (χ0n) is 25.1. The third-order valence-electron chi connectivity index (χ3n) is 6.77. The Morgan fingerprint density at radius 2 is 1.19 bits per heavy atom. The number of amides is 1. The number of carbonyl (C=O) groups excluding carboxylic acids is 1. The van der Waals surface area contributed by atoms with Crippen LogP contribution in [0.3, 0.4) is 0 Å². The van der Waals surface area contributed by atoms with E-state index in [2.05, 4.69) is 29.9 Å². The molecule has 0 N–H and O–H groups in total. The summed E-state index contributed by atoms with van der Waals surface area (Å²) in [4.78, 5) is 13.7. The highest BCUT2D eigenvalue weighted by atomic mass is 19.4. The van der Waals surface area contributed by atoms with Gasteiger partial charge >= 0.3 is 12.7 Å². The van der Waals surface area contributed by atoms with Gasteiger partial charge in [0.15, 0.2) is 0 Å². The number of hydrogen-bond donors (Lipinski definition) is 0. The van der Waals surface area contributed by atoms with Gasteiger partial charge in [-0.05, 0) is 78.6 Å². The lowest BCUT2D eigenvalue weighted by Gasteiger charge is -2.12. The number of fused-ring (bicyclic) bond motifs is 2. The monoisotopic (exact) mass is 657 g/mol. The molecule has 0 bridgehead atoms. The average Bonchev–Trinajstić information content (AvgIpc) is 3.62. The van der Waals surface area contributed by atoms with Crippen molar-refractivity contribution in [1.82, 2.24) is 34.6 Å². The van der Waals surface area contributed by atoms with E-state index in [0.717, 1.165) is 16.6 Å². The zero-order chi connectivity index (χ0) is 34.1. The maximum absolute atomic E-state index is 12.3. The van der Waals surface area contributed by atoms with Gasteiger partial charge in [-0.15, -0.1) is 26.3 Å². The Morgan fingerprint density at radius 3 is 1.70 bits per heavy atom. The highest BCUT2D eigenvalue weighted by Crippen LogP contribution is 2.31. The first-order valence-electron chi connectivity index (χ1n) is 13.7. The number of nitrogens with zero attached hydrogens (tertiary/aromatic N) is 7. The molecule has 4 aromatic heterocycles. The molecule has 1 amide bonds. The molecule has 16 heteroatoms. The van der Waals surface area contributed by atoms with E-state index in [1.165, 1.54) is 56.9 Å². The van der Waals surface area contributed by atoms with Gasteiger partial charge in [0.1, 0.15) is 17.0 Å². The number of rotatable bonds is 5. The molecule has 2 aromatic carbocycles. The van der Waals surface area contributed by atoms with E-state index in [-0.39, 0.29) is 17.4 Å². The van der Waals surface area contributed by atoms with Gasteiger partial charge in [0.25, 0.3) is 5.91 Å². The molecule has 4 heterocycles. The van der Waals surface area contributed by atoms with Gasteiger partial charge in [0.2, 0.25) is 0 Å². The summed E-state index contributed by atoms with van der Waals surface area (Å²) in [5.41, 5.74) is 5.89. The number of ether oxygens (including phenoxy) is 2. The highest BCUT2D eigenvalue weighted by molar-refractivity contribution is 6.00. The van der Waals surface area contributed by atoms with Crippen molar-refractivity contribution in [3.63, 3.8) is 0 Å². The smallest absolute Gasteiger partial charge is 0.406 e. The molecule has 0 saturated carbocycles. The van der Waals surface area contributed by atoms with Crippen LogP contribution in [-0.2, 0) is 0 Å². The maximum Gasteiger partial charge on any atom is 0.573 e. The van der Waals surface area contributed by atoms with E-state index >= 15 is 0 Å². The van der Waals surface area contributed by atoms with E-state index in [0.29, 0.717) is 33.3 Å². The fourth-order valence-corrected chi connectivity index (χ4v) is 4.71. The number of alkyl halides is 6. The fourth-order valence-electron chi connectivity index (χ4n) is 4.71. The van der Waals surface area contributed by atoms with Crippen molar-refractivity contribution in [1.29, 1.82) is 0 Å². The number of hydrogen-bond acceptors (Lipinski definition) is 7. The first-order valence-corrected chi connectivity index (χ1v) is 13.7. The predicted molar refractivity (Wildman–Crippen MR) is 158 cm³/mol. The second-order valence-corrected chi connectivity index (χ2v) is 10.4. The second-order valence-electron chi connectivity index (χ2n) is 10.4. The van der Waals surface area contributed by atoms with Crippen LogP contribution in [0.2, 0.25) is 0 Å². The molecule has 10 nitrogen and oxygen atoms in total. The third kappa shape index (κ3) is 7.77. The molecular weight excluding hydrogens is 632 g/mol. The predicted octanol–water partition coefficient (Wildman–Crippen LogP) is 6.91. The Morgan fingerprint density at radius 1 is 0.681 bits per heavy atom. The highest BCUT2D eigenvalue weighted by Gasteiger charge is 2.32. The molecule has 6 aromatic rings. The molecule has 0 saturated heterocycles. The van der Waals surface area contributed by atoms with Gasteiger partial charge in [-0.2, -0.15) is 29.7 Å². The van der Waals surface area contributed by atoms with Crippen LogP contribution in [0, 0.1) is 13.8 Å². The lowest BCUT2D eigenvalue weighted by atomic mass is 10.0. The van der Waals surface area contributed by atoms with E-state index in [1.807, 2.05) is 6.07 Å². The molecule has 244 valence electrons. The summed E-state index contributed by atoms with van der Waals surface area (Å²) in [5.74, 6) is -0.743. The third-order valence-corrected chi connectivity index (χ3v) is 6.77. The van der Waals surface area contributed by atoms with Crippen LogP contribution in [0.5, 0.6) is 11.5 Å². The first-order chi connectivity index (χ1) is 22.1. The van der Waals surface area contributed by atoms with Crippen LogP contribution in [0.1, 0.15) is 21.5 Å². The molecule has 0 aliphatic heterocycles. The summed E-state index contributed by atoms with van der Waals surface area (Å²) in [7, 11) is 3.26. The Kier molecular flexibility index (Phi) is 8.78. The van der Waals surface area contributed by atoms with Crippen molar-refractivity contribution in [2.24, 2.45) is 0 Å². The van der Waals surface area contributed by atoms with E-state index in [1.54, 1.807) is 58.5 Å². The van der Waals surface area contributed by atoms with Crippen molar-refractivity contribution < 1.29 is 40.6 Å². The van der Waals surface area contributed by atoms with Gasteiger partial charge in [0, 0.05) is 25.2 Å². The molecule has 47 heavy (non-hydrogen) atoms. The number of aromatic nitrogens is 6. The quantitative estimate of drug-likeness (QED) is 0.186.